The monoisotopic (exact) mass is 408 g/mol. The second kappa shape index (κ2) is 8.36. The summed E-state index contributed by atoms with van der Waals surface area (Å²) in [7, 11) is -2.44. The molecular formula is C20H22F2N2O3S. The summed E-state index contributed by atoms with van der Waals surface area (Å²) in [6.07, 6.45) is 2.42. The van der Waals surface area contributed by atoms with Gasteiger partial charge in [-0.05, 0) is 48.7 Å². The zero-order valence-corrected chi connectivity index (χ0v) is 16.4. The highest BCUT2D eigenvalue weighted by atomic mass is 32.2. The molecule has 5 nitrogen and oxygen atoms in total. The summed E-state index contributed by atoms with van der Waals surface area (Å²) in [6.45, 7) is 0.916. The molecule has 1 saturated heterocycles. The number of sulfonamides is 1. The van der Waals surface area contributed by atoms with Crippen molar-refractivity contribution in [2.45, 2.75) is 30.7 Å². The normalized spacial score (nSPS) is 15.4. The minimum Gasteiger partial charge on any atom is -0.337 e. The van der Waals surface area contributed by atoms with Crippen LogP contribution in [0.25, 0.3) is 0 Å². The largest absolute Gasteiger partial charge is 0.337 e. The van der Waals surface area contributed by atoms with E-state index in [0.29, 0.717) is 13.1 Å². The minimum atomic E-state index is -3.99. The Morgan fingerprint density at radius 3 is 2.32 bits per heavy atom. The van der Waals surface area contributed by atoms with E-state index in [1.54, 1.807) is 19.2 Å². The number of nitrogens with zero attached hydrogens (tertiary/aromatic N) is 2. The summed E-state index contributed by atoms with van der Waals surface area (Å²) in [6, 6.07) is 9.11. The van der Waals surface area contributed by atoms with Crippen molar-refractivity contribution in [1.29, 1.82) is 0 Å². The van der Waals surface area contributed by atoms with Gasteiger partial charge in [-0.25, -0.2) is 17.2 Å². The molecule has 1 amide bonds. The van der Waals surface area contributed by atoms with Crippen LogP contribution in [0.5, 0.6) is 0 Å². The first-order chi connectivity index (χ1) is 13.3. The summed E-state index contributed by atoms with van der Waals surface area (Å²) in [5.41, 5.74) is 0.808. The lowest BCUT2D eigenvalue weighted by Crippen LogP contribution is -2.36. The van der Waals surface area contributed by atoms with E-state index in [-0.39, 0.29) is 17.9 Å². The van der Waals surface area contributed by atoms with Crippen LogP contribution in [0.1, 0.15) is 35.2 Å². The van der Waals surface area contributed by atoms with Gasteiger partial charge in [-0.2, -0.15) is 4.31 Å². The van der Waals surface area contributed by atoms with Gasteiger partial charge in [0.15, 0.2) is 0 Å². The van der Waals surface area contributed by atoms with Crippen LogP contribution < -0.4 is 0 Å². The summed E-state index contributed by atoms with van der Waals surface area (Å²) in [5.74, 6) is -1.69. The lowest BCUT2D eigenvalue weighted by Gasteiger charge is -2.26. The molecule has 0 saturated carbocycles. The van der Waals surface area contributed by atoms with Crippen molar-refractivity contribution < 1.29 is 22.0 Å². The molecular weight excluding hydrogens is 386 g/mol. The summed E-state index contributed by atoms with van der Waals surface area (Å²) in [5, 5.41) is 0. The Hall–Kier alpha value is -2.32. The van der Waals surface area contributed by atoms with Crippen LogP contribution in [0.4, 0.5) is 8.78 Å². The summed E-state index contributed by atoms with van der Waals surface area (Å²) in [4.78, 5) is 13.6. The molecule has 0 aromatic heterocycles. The molecule has 8 heteroatoms. The van der Waals surface area contributed by atoms with Crippen LogP contribution in [0.2, 0.25) is 0 Å². The Labute approximate surface area is 163 Å². The van der Waals surface area contributed by atoms with Crippen LogP contribution in [0.15, 0.2) is 47.4 Å². The summed E-state index contributed by atoms with van der Waals surface area (Å²) < 4.78 is 54.2. The predicted octanol–water partition coefficient (Wildman–Crippen LogP) is 3.41. The molecule has 1 fully saturated rings. The maximum absolute atomic E-state index is 14.3. The third-order valence-electron chi connectivity index (χ3n) is 4.79. The van der Waals surface area contributed by atoms with Crippen molar-refractivity contribution in [2.24, 2.45) is 0 Å². The molecule has 3 rings (SSSR count). The number of hydrogen-bond acceptors (Lipinski definition) is 3. The zero-order chi connectivity index (χ0) is 20.3. The first-order valence-electron chi connectivity index (χ1n) is 9.08. The first kappa shape index (κ1) is 20.4. The van der Waals surface area contributed by atoms with Crippen LogP contribution in [0.3, 0.4) is 0 Å². The number of hydrogen-bond donors (Lipinski definition) is 0. The molecule has 0 spiro atoms. The Kier molecular flexibility index (Phi) is 6.10. The zero-order valence-electron chi connectivity index (χ0n) is 15.6. The third kappa shape index (κ3) is 4.39. The van der Waals surface area contributed by atoms with Crippen LogP contribution in [-0.4, -0.2) is 43.7 Å². The fourth-order valence-corrected chi connectivity index (χ4v) is 4.84. The number of carbonyl (C=O) groups is 1. The molecule has 0 radical (unpaired) electrons. The topological polar surface area (TPSA) is 57.7 Å². The molecule has 0 atom stereocenters. The van der Waals surface area contributed by atoms with E-state index in [1.165, 1.54) is 27.4 Å². The lowest BCUT2D eigenvalue weighted by molar-refractivity contribution is 0.0784. The van der Waals surface area contributed by atoms with Crippen LogP contribution >= 0.6 is 0 Å². The standard InChI is InChI=1S/C20H22F2N2O3S/c1-23(14-15-5-8-17(21)9-6-15)20(25)16-7-10-18(22)19(13-16)28(26,27)24-11-3-2-4-12-24/h5-10,13H,2-4,11-12,14H2,1H3. The van der Waals surface area contributed by atoms with Gasteiger partial charge in [0.25, 0.3) is 5.91 Å². The Morgan fingerprint density at radius 1 is 1.04 bits per heavy atom. The highest BCUT2D eigenvalue weighted by Crippen LogP contribution is 2.24. The van der Waals surface area contributed by atoms with E-state index >= 15 is 0 Å². The van der Waals surface area contributed by atoms with Gasteiger partial charge in [0.1, 0.15) is 16.5 Å². The number of benzene rings is 2. The third-order valence-corrected chi connectivity index (χ3v) is 6.70. The molecule has 1 aliphatic heterocycles. The lowest BCUT2D eigenvalue weighted by atomic mass is 10.1. The van der Waals surface area contributed by atoms with Crippen molar-refractivity contribution >= 4 is 15.9 Å². The van der Waals surface area contributed by atoms with Crippen LogP contribution in [-0.2, 0) is 16.6 Å². The fraction of sp³-hybridized carbons (Fsp3) is 0.350. The van der Waals surface area contributed by atoms with Gasteiger partial charge in [-0.1, -0.05) is 18.6 Å². The van der Waals surface area contributed by atoms with E-state index in [9.17, 15) is 22.0 Å². The van der Waals surface area contributed by atoms with Gasteiger partial charge in [0.2, 0.25) is 10.0 Å². The average Bonchev–Trinajstić information content (AvgIpc) is 2.70. The molecule has 0 aliphatic carbocycles. The Balaban J connectivity index is 1.83. The maximum atomic E-state index is 14.3. The molecule has 0 bridgehead atoms. The minimum absolute atomic E-state index is 0.0848. The second-order valence-electron chi connectivity index (χ2n) is 6.90. The Bertz CT molecular complexity index is 956. The summed E-state index contributed by atoms with van der Waals surface area (Å²) >= 11 is 0. The highest BCUT2D eigenvalue weighted by molar-refractivity contribution is 7.89. The smallest absolute Gasteiger partial charge is 0.253 e. The maximum Gasteiger partial charge on any atom is 0.253 e. The molecule has 28 heavy (non-hydrogen) atoms. The molecule has 0 unspecified atom stereocenters. The van der Waals surface area contributed by atoms with E-state index in [1.807, 2.05) is 0 Å². The van der Waals surface area contributed by atoms with E-state index in [2.05, 4.69) is 0 Å². The van der Waals surface area contributed by atoms with Crippen molar-refractivity contribution in [3.8, 4) is 0 Å². The van der Waals surface area contributed by atoms with Crippen molar-refractivity contribution in [1.82, 2.24) is 9.21 Å². The predicted molar refractivity (Wildman–Crippen MR) is 101 cm³/mol. The molecule has 150 valence electrons. The quantitative estimate of drug-likeness (QED) is 0.762. The van der Waals surface area contributed by atoms with Gasteiger partial charge in [-0.3, -0.25) is 4.79 Å². The van der Waals surface area contributed by atoms with E-state index in [4.69, 9.17) is 0 Å². The van der Waals surface area contributed by atoms with Crippen molar-refractivity contribution in [2.75, 3.05) is 20.1 Å². The van der Waals surface area contributed by atoms with Crippen LogP contribution in [0, 0.1) is 11.6 Å². The number of piperidine rings is 1. The average molecular weight is 408 g/mol. The molecule has 2 aromatic carbocycles. The van der Waals surface area contributed by atoms with Gasteiger partial charge in [0.05, 0.1) is 0 Å². The van der Waals surface area contributed by atoms with E-state index in [0.717, 1.165) is 37.0 Å². The number of rotatable bonds is 5. The van der Waals surface area contributed by atoms with Gasteiger partial charge in [0, 0.05) is 32.2 Å². The molecule has 2 aromatic rings. The molecule has 1 aliphatic rings. The second-order valence-corrected chi connectivity index (χ2v) is 8.80. The fourth-order valence-electron chi connectivity index (χ4n) is 3.23. The van der Waals surface area contributed by atoms with E-state index < -0.39 is 26.6 Å². The number of amides is 1. The molecule has 0 N–H and O–H groups in total. The number of carbonyl (C=O) groups excluding carboxylic acids is 1. The first-order valence-corrected chi connectivity index (χ1v) is 10.5. The van der Waals surface area contributed by atoms with Crippen molar-refractivity contribution in [3.63, 3.8) is 0 Å². The SMILES string of the molecule is CN(Cc1ccc(F)cc1)C(=O)c1ccc(F)c(S(=O)(=O)N2CCCCC2)c1. The van der Waals surface area contributed by atoms with Gasteiger partial charge < -0.3 is 4.90 Å². The molecule has 1 heterocycles. The highest BCUT2D eigenvalue weighted by Gasteiger charge is 2.29. The Morgan fingerprint density at radius 2 is 1.68 bits per heavy atom. The van der Waals surface area contributed by atoms with Gasteiger partial charge >= 0.3 is 0 Å². The van der Waals surface area contributed by atoms with Crippen molar-refractivity contribution in [3.05, 3.63) is 65.2 Å². The number of halogens is 2. The van der Waals surface area contributed by atoms with Gasteiger partial charge in [-0.15, -0.1) is 0 Å².